The average Bonchev–Trinajstić information content (AvgIpc) is 3.29. The van der Waals surface area contributed by atoms with E-state index in [0.717, 1.165) is 5.56 Å². The number of pyridine rings is 1. The maximum Gasteiger partial charge on any atom is 0.269 e. The summed E-state index contributed by atoms with van der Waals surface area (Å²) < 4.78 is 16.5. The smallest absolute Gasteiger partial charge is 0.269 e. The van der Waals surface area contributed by atoms with Crippen molar-refractivity contribution in [3.63, 3.8) is 0 Å². The molecule has 0 spiro atoms. The van der Waals surface area contributed by atoms with Crippen LogP contribution >= 0.6 is 0 Å². The summed E-state index contributed by atoms with van der Waals surface area (Å²) in [6, 6.07) is 21.4. The van der Waals surface area contributed by atoms with Gasteiger partial charge in [-0.2, -0.15) is 9.49 Å². The first-order valence-electron chi connectivity index (χ1n) is 12.6. The topological polar surface area (TPSA) is 126 Å². The molecule has 6 rings (SSSR count). The summed E-state index contributed by atoms with van der Waals surface area (Å²) in [5.41, 5.74) is 2.83. The second kappa shape index (κ2) is 10.4. The molecule has 0 saturated carbocycles. The van der Waals surface area contributed by atoms with Crippen molar-refractivity contribution in [3.8, 4) is 11.3 Å². The second-order valence-corrected chi connectivity index (χ2v) is 8.93. The number of nitrogens with one attached hydrogen (secondary N) is 3. The van der Waals surface area contributed by atoms with Crippen LogP contribution in [-0.2, 0) is 4.79 Å². The molecule has 1 aliphatic heterocycles. The van der Waals surface area contributed by atoms with Crippen LogP contribution in [0.15, 0.2) is 90.2 Å². The Bertz CT molecular complexity index is 1780. The lowest BCUT2D eigenvalue weighted by Gasteiger charge is -2.14. The van der Waals surface area contributed by atoms with Gasteiger partial charge in [0.1, 0.15) is 17.1 Å². The first kappa shape index (κ1) is 24.9. The maximum atomic E-state index is 15.2. The number of hydrogen-bond donors (Lipinski definition) is 3. The lowest BCUT2D eigenvalue weighted by molar-refractivity contribution is -0.117. The molecule has 1 atom stereocenters. The lowest BCUT2D eigenvalue weighted by atomic mass is 10.0. The third-order valence-corrected chi connectivity index (χ3v) is 6.35. The number of fused-ring (bicyclic) bond motifs is 2. The van der Waals surface area contributed by atoms with Crippen LogP contribution < -0.4 is 16.0 Å². The highest BCUT2D eigenvalue weighted by Gasteiger charge is 2.31. The van der Waals surface area contributed by atoms with E-state index in [1.807, 2.05) is 55.5 Å². The molecule has 198 valence electrons. The minimum absolute atomic E-state index is 0.0106. The van der Waals surface area contributed by atoms with E-state index in [0.29, 0.717) is 29.3 Å². The molecular weight excluding hydrogens is 511 g/mol. The molecule has 40 heavy (non-hydrogen) atoms. The normalized spacial score (nSPS) is 14.6. The number of halogens is 1. The number of benzene rings is 2. The zero-order chi connectivity index (χ0) is 27.6. The Hall–Kier alpha value is -5.45. The molecule has 5 aromatic rings. The van der Waals surface area contributed by atoms with Crippen molar-refractivity contribution < 1.29 is 14.0 Å². The van der Waals surface area contributed by atoms with Crippen LogP contribution in [0, 0.1) is 5.95 Å². The molecule has 0 radical (unpaired) electrons. The highest BCUT2D eigenvalue weighted by Crippen LogP contribution is 2.29. The van der Waals surface area contributed by atoms with Gasteiger partial charge >= 0.3 is 0 Å². The summed E-state index contributed by atoms with van der Waals surface area (Å²) in [6.07, 6.45) is 1.81. The van der Waals surface area contributed by atoms with E-state index < -0.39 is 23.9 Å². The first-order valence-corrected chi connectivity index (χ1v) is 12.6. The van der Waals surface area contributed by atoms with Crippen molar-refractivity contribution in [3.05, 3.63) is 108 Å². The number of nitrogens with zero attached hydrogens (tertiary/aromatic N) is 5. The molecule has 4 heterocycles. The van der Waals surface area contributed by atoms with Crippen molar-refractivity contribution >= 4 is 34.7 Å². The van der Waals surface area contributed by atoms with E-state index >= 15 is 4.39 Å². The Morgan fingerprint density at radius 2 is 1.82 bits per heavy atom. The predicted octanol–water partition coefficient (Wildman–Crippen LogP) is 3.91. The Labute approximate surface area is 228 Å². The Morgan fingerprint density at radius 1 is 1.02 bits per heavy atom. The van der Waals surface area contributed by atoms with E-state index in [9.17, 15) is 9.59 Å². The van der Waals surface area contributed by atoms with Crippen molar-refractivity contribution in [2.45, 2.75) is 13.1 Å². The molecule has 0 aliphatic carbocycles. The predicted molar refractivity (Wildman–Crippen MR) is 149 cm³/mol. The molecule has 0 fully saturated rings. The van der Waals surface area contributed by atoms with Gasteiger partial charge in [0, 0.05) is 30.1 Å². The van der Waals surface area contributed by atoms with Crippen LogP contribution in [0.4, 0.5) is 15.9 Å². The number of para-hydroxylation sites is 1. The summed E-state index contributed by atoms with van der Waals surface area (Å²) in [5, 5.41) is 12.9. The van der Waals surface area contributed by atoms with Gasteiger partial charge in [-0.1, -0.05) is 48.5 Å². The molecule has 11 heteroatoms. The van der Waals surface area contributed by atoms with E-state index in [1.54, 1.807) is 24.4 Å². The highest BCUT2D eigenvalue weighted by atomic mass is 19.1. The quantitative estimate of drug-likeness (QED) is 0.284. The summed E-state index contributed by atoms with van der Waals surface area (Å²) in [7, 11) is 0. The molecule has 2 aromatic carbocycles. The SMILES string of the molecule is CCNc1ccc(-c2nn3cccnc3c2C(=O)N[C@H]2N=C(c3ccccc3)c3ccccc3NC2=O)c(F)n1. The molecule has 3 N–H and O–H groups in total. The monoisotopic (exact) mass is 534 g/mol. The van der Waals surface area contributed by atoms with Gasteiger partial charge in [-0.25, -0.2) is 19.5 Å². The maximum absolute atomic E-state index is 15.2. The minimum Gasteiger partial charge on any atom is -0.370 e. The average molecular weight is 535 g/mol. The molecular formula is C29H23FN8O2. The van der Waals surface area contributed by atoms with Crippen LogP contribution in [-0.4, -0.2) is 49.8 Å². The number of carbonyl (C=O) groups is 2. The molecule has 0 unspecified atom stereocenters. The fourth-order valence-corrected chi connectivity index (χ4v) is 4.55. The number of carbonyl (C=O) groups excluding carboxylic acids is 2. The second-order valence-electron chi connectivity index (χ2n) is 8.93. The Morgan fingerprint density at radius 3 is 2.62 bits per heavy atom. The van der Waals surface area contributed by atoms with Crippen molar-refractivity contribution in [1.82, 2.24) is 24.9 Å². The van der Waals surface area contributed by atoms with Gasteiger partial charge in [-0.05, 0) is 31.2 Å². The molecule has 10 nitrogen and oxygen atoms in total. The zero-order valence-electron chi connectivity index (χ0n) is 21.3. The van der Waals surface area contributed by atoms with Crippen molar-refractivity contribution in [2.24, 2.45) is 4.99 Å². The van der Waals surface area contributed by atoms with Crippen LogP contribution in [0.5, 0.6) is 0 Å². The largest absolute Gasteiger partial charge is 0.370 e. The number of benzodiazepines with no additional fused rings is 1. The van der Waals surface area contributed by atoms with Gasteiger partial charge in [0.15, 0.2) is 5.65 Å². The standard InChI is InChI=1S/C29H23FN8O2/c1-2-31-21-14-13-19(25(30)34-21)24-22(27-32-15-8-16-38(27)37-24)28(39)36-26-29(40)33-20-12-7-6-11-18(20)23(35-26)17-9-4-3-5-10-17/h3-16,26H,2H2,1H3,(H,31,34)(H,33,40)(H,36,39)/t26-/m1/s1. The minimum atomic E-state index is -1.29. The summed E-state index contributed by atoms with van der Waals surface area (Å²) >= 11 is 0. The number of anilines is 2. The molecule has 2 amide bonds. The highest BCUT2D eigenvalue weighted by molar-refractivity contribution is 6.20. The van der Waals surface area contributed by atoms with E-state index in [2.05, 4.69) is 36.0 Å². The Kier molecular flexibility index (Phi) is 6.44. The molecule has 0 saturated heterocycles. The number of hydrogen-bond acceptors (Lipinski definition) is 7. The van der Waals surface area contributed by atoms with E-state index in [-0.39, 0.29) is 22.5 Å². The van der Waals surface area contributed by atoms with Crippen molar-refractivity contribution in [1.29, 1.82) is 0 Å². The van der Waals surface area contributed by atoms with Crippen LogP contribution in [0.1, 0.15) is 28.4 Å². The zero-order valence-corrected chi connectivity index (χ0v) is 21.3. The molecule has 3 aromatic heterocycles. The van der Waals surface area contributed by atoms with Gasteiger partial charge in [-0.15, -0.1) is 0 Å². The van der Waals surface area contributed by atoms with Crippen molar-refractivity contribution in [2.75, 3.05) is 17.2 Å². The summed E-state index contributed by atoms with van der Waals surface area (Å²) in [6.45, 7) is 2.44. The van der Waals surface area contributed by atoms with Gasteiger partial charge < -0.3 is 16.0 Å². The first-order chi connectivity index (χ1) is 19.5. The number of rotatable bonds is 6. The number of aliphatic imine (C=N–C) groups is 1. The third kappa shape index (κ3) is 4.53. The van der Waals surface area contributed by atoms with Gasteiger partial charge in [0.2, 0.25) is 12.1 Å². The lowest BCUT2D eigenvalue weighted by Crippen LogP contribution is -2.42. The number of aromatic nitrogens is 4. The third-order valence-electron chi connectivity index (χ3n) is 6.35. The molecule has 1 aliphatic rings. The van der Waals surface area contributed by atoms with E-state index in [1.165, 1.54) is 16.8 Å². The fraction of sp³-hybridized carbons (Fsp3) is 0.103. The van der Waals surface area contributed by atoms with Crippen LogP contribution in [0.3, 0.4) is 0 Å². The van der Waals surface area contributed by atoms with Gasteiger partial charge in [0.05, 0.1) is 17.0 Å². The van der Waals surface area contributed by atoms with Gasteiger partial charge in [0.25, 0.3) is 11.8 Å². The van der Waals surface area contributed by atoms with Crippen LogP contribution in [0.25, 0.3) is 16.9 Å². The van der Waals surface area contributed by atoms with Gasteiger partial charge in [-0.3, -0.25) is 9.59 Å². The Balaban J connectivity index is 1.43. The summed E-state index contributed by atoms with van der Waals surface area (Å²) in [5.74, 6) is -1.67. The van der Waals surface area contributed by atoms with E-state index in [4.69, 9.17) is 0 Å². The fourth-order valence-electron chi connectivity index (χ4n) is 4.55. The summed E-state index contributed by atoms with van der Waals surface area (Å²) in [4.78, 5) is 40.0. The van der Waals surface area contributed by atoms with Crippen LogP contribution in [0.2, 0.25) is 0 Å². The number of amides is 2. The molecule has 0 bridgehead atoms.